The van der Waals surface area contributed by atoms with Crippen LogP contribution in [-0.4, -0.2) is 46.8 Å². The van der Waals surface area contributed by atoms with E-state index in [-0.39, 0.29) is 0 Å². The molecule has 0 unspecified atom stereocenters. The van der Waals surface area contributed by atoms with Gasteiger partial charge in [-0.25, -0.2) is 0 Å². The Kier molecular flexibility index (Phi) is 6.97. The molecule has 2 N–H and O–H groups in total. The molecule has 7 heteroatoms. The van der Waals surface area contributed by atoms with Gasteiger partial charge in [0.15, 0.2) is 5.96 Å². The van der Waals surface area contributed by atoms with Gasteiger partial charge in [0, 0.05) is 62.6 Å². The first-order valence-electron chi connectivity index (χ1n) is 9.89. The Hall–Kier alpha value is -2.05. The SMILES string of the molecule is CN=C(NCc1c(C)nn(C)c1C)NC1CCN(Cc2ccc(Cl)cc2)CC1. The van der Waals surface area contributed by atoms with E-state index in [2.05, 4.69) is 51.6 Å². The van der Waals surface area contributed by atoms with Gasteiger partial charge in [-0.2, -0.15) is 5.10 Å². The molecule has 0 atom stereocenters. The molecule has 0 aliphatic carbocycles. The average molecular weight is 403 g/mol. The molecular weight excluding hydrogens is 372 g/mol. The number of halogens is 1. The van der Waals surface area contributed by atoms with Gasteiger partial charge < -0.3 is 10.6 Å². The largest absolute Gasteiger partial charge is 0.354 e. The highest BCUT2D eigenvalue weighted by Gasteiger charge is 2.20. The van der Waals surface area contributed by atoms with Crippen LogP contribution >= 0.6 is 11.6 Å². The van der Waals surface area contributed by atoms with Crippen molar-refractivity contribution in [2.24, 2.45) is 12.0 Å². The van der Waals surface area contributed by atoms with Crippen molar-refractivity contribution in [3.8, 4) is 0 Å². The molecule has 0 saturated carbocycles. The van der Waals surface area contributed by atoms with E-state index < -0.39 is 0 Å². The number of aliphatic imine (C=N–C) groups is 1. The fourth-order valence-electron chi connectivity index (χ4n) is 3.72. The molecule has 0 spiro atoms. The van der Waals surface area contributed by atoms with E-state index >= 15 is 0 Å². The Bertz CT molecular complexity index is 803. The van der Waals surface area contributed by atoms with Gasteiger partial charge in [-0.15, -0.1) is 0 Å². The van der Waals surface area contributed by atoms with Crippen LogP contribution in [0.1, 0.15) is 35.4 Å². The molecule has 152 valence electrons. The maximum absolute atomic E-state index is 5.98. The fourth-order valence-corrected chi connectivity index (χ4v) is 3.84. The normalized spacial score (nSPS) is 16.4. The molecule has 1 saturated heterocycles. The zero-order chi connectivity index (χ0) is 20.1. The number of benzene rings is 1. The summed E-state index contributed by atoms with van der Waals surface area (Å²) in [5.74, 6) is 0.860. The van der Waals surface area contributed by atoms with Gasteiger partial charge in [-0.3, -0.25) is 14.6 Å². The van der Waals surface area contributed by atoms with Crippen molar-refractivity contribution in [1.82, 2.24) is 25.3 Å². The molecular formula is C21H31ClN6. The maximum atomic E-state index is 5.98. The highest BCUT2D eigenvalue weighted by Crippen LogP contribution is 2.16. The predicted octanol–water partition coefficient (Wildman–Crippen LogP) is 3.02. The van der Waals surface area contributed by atoms with E-state index in [1.165, 1.54) is 16.8 Å². The molecule has 6 nitrogen and oxygen atoms in total. The number of aryl methyl sites for hydroxylation is 2. The summed E-state index contributed by atoms with van der Waals surface area (Å²) >= 11 is 5.98. The van der Waals surface area contributed by atoms with E-state index in [0.29, 0.717) is 6.04 Å². The second kappa shape index (κ2) is 9.43. The molecule has 0 bridgehead atoms. The maximum Gasteiger partial charge on any atom is 0.191 e. The molecule has 1 aromatic heterocycles. The fraction of sp³-hybridized carbons (Fsp3) is 0.524. The minimum absolute atomic E-state index is 0.448. The van der Waals surface area contributed by atoms with Crippen molar-refractivity contribution in [3.05, 3.63) is 51.8 Å². The van der Waals surface area contributed by atoms with E-state index in [4.69, 9.17) is 11.6 Å². The van der Waals surface area contributed by atoms with E-state index in [0.717, 1.165) is 55.7 Å². The summed E-state index contributed by atoms with van der Waals surface area (Å²) in [5, 5.41) is 12.3. The lowest BCUT2D eigenvalue weighted by molar-refractivity contribution is 0.198. The number of piperidine rings is 1. The second-order valence-corrected chi connectivity index (χ2v) is 7.96. The standard InChI is InChI=1S/C21H31ClN6/c1-15-20(16(2)27(4)26-15)13-24-21(23-3)25-19-9-11-28(12-10-19)14-17-5-7-18(22)8-6-17/h5-8,19H,9-14H2,1-4H3,(H2,23,24,25). The van der Waals surface area contributed by atoms with Crippen LogP contribution in [0.4, 0.5) is 0 Å². The summed E-state index contributed by atoms with van der Waals surface area (Å²) < 4.78 is 1.93. The molecule has 2 aromatic rings. The Morgan fingerprint density at radius 2 is 1.89 bits per heavy atom. The van der Waals surface area contributed by atoms with Crippen molar-refractivity contribution < 1.29 is 0 Å². The highest BCUT2D eigenvalue weighted by atomic mass is 35.5. The number of guanidine groups is 1. The zero-order valence-electron chi connectivity index (χ0n) is 17.3. The van der Waals surface area contributed by atoms with Gasteiger partial charge >= 0.3 is 0 Å². The average Bonchev–Trinajstić information content (AvgIpc) is 2.93. The Morgan fingerprint density at radius 3 is 2.46 bits per heavy atom. The number of hydrogen-bond acceptors (Lipinski definition) is 3. The van der Waals surface area contributed by atoms with E-state index in [1.54, 1.807) is 0 Å². The number of likely N-dealkylation sites (tertiary alicyclic amines) is 1. The third kappa shape index (κ3) is 5.26. The molecule has 1 aliphatic heterocycles. The lowest BCUT2D eigenvalue weighted by atomic mass is 10.0. The van der Waals surface area contributed by atoms with Crippen molar-refractivity contribution in [3.63, 3.8) is 0 Å². The molecule has 2 heterocycles. The third-order valence-corrected chi connectivity index (χ3v) is 5.81. The second-order valence-electron chi connectivity index (χ2n) is 7.52. The van der Waals surface area contributed by atoms with Crippen LogP contribution < -0.4 is 10.6 Å². The number of hydrogen-bond donors (Lipinski definition) is 2. The zero-order valence-corrected chi connectivity index (χ0v) is 18.1. The molecule has 1 aliphatic rings. The highest BCUT2D eigenvalue weighted by molar-refractivity contribution is 6.30. The number of aromatic nitrogens is 2. The summed E-state index contributed by atoms with van der Waals surface area (Å²) in [6.45, 7) is 8.04. The summed E-state index contributed by atoms with van der Waals surface area (Å²) in [7, 11) is 3.81. The molecule has 1 aromatic carbocycles. The Morgan fingerprint density at radius 1 is 1.21 bits per heavy atom. The Labute approximate surface area is 173 Å². The molecule has 28 heavy (non-hydrogen) atoms. The number of nitrogens with one attached hydrogen (secondary N) is 2. The van der Waals surface area contributed by atoms with Crippen LogP contribution in [0.2, 0.25) is 5.02 Å². The molecule has 0 amide bonds. The first-order chi connectivity index (χ1) is 13.5. The first-order valence-corrected chi connectivity index (χ1v) is 10.3. The topological polar surface area (TPSA) is 57.5 Å². The first kappa shape index (κ1) is 20.7. The summed E-state index contributed by atoms with van der Waals surface area (Å²) in [5.41, 5.74) is 4.81. The Balaban J connectivity index is 1.45. The molecule has 0 radical (unpaired) electrons. The van der Waals surface area contributed by atoms with E-state index in [9.17, 15) is 0 Å². The van der Waals surface area contributed by atoms with Gasteiger partial charge in [-0.05, 0) is 44.4 Å². The van der Waals surface area contributed by atoms with Crippen molar-refractivity contribution >= 4 is 17.6 Å². The lowest BCUT2D eigenvalue weighted by Gasteiger charge is -2.33. The van der Waals surface area contributed by atoms with Crippen molar-refractivity contribution in [2.45, 2.75) is 45.8 Å². The van der Waals surface area contributed by atoms with Crippen molar-refractivity contribution in [1.29, 1.82) is 0 Å². The smallest absolute Gasteiger partial charge is 0.191 e. The van der Waals surface area contributed by atoms with Crippen molar-refractivity contribution in [2.75, 3.05) is 20.1 Å². The van der Waals surface area contributed by atoms with Gasteiger partial charge in [0.2, 0.25) is 0 Å². The van der Waals surface area contributed by atoms with Crippen LogP contribution in [0.15, 0.2) is 29.3 Å². The van der Waals surface area contributed by atoms with Crippen LogP contribution in [-0.2, 0) is 20.1 Å². The minimum Gasteiger partial charge on any atom is -0.354 e. The molecule has 1 fully saturated rings. The minimum atomic E-state index is 0.448. The van der Waals surface area contributed by atoms with Gasteiger partial charge in [-0.1, -0.05) is 23.7 Å². The lowest BCUT2D eigenvalue weighted by Crippen LogP contribution is -2.48. The van der Waals surface area contributed by atoms with Gasteiger partial charge in [0.05, 0.1) is 5.69 Å². The summed E-state index contributed by atoms with van der Waals surface area (Å²) in [6, 6.07) is 8.60. The number of rotatable bonds is 5. The monoisotopic (exact) mass is 402 g/mol. The summed E-state index contributed by atoms with van der Waals surface area (Å²) in [4.78, 5) is 6.90. The third-order valence-electron chi connectivity index (χ3n) is 5.56. The van der Waals surface area contributed by atoms with Gasteiger partial charge in [0.1, 0.15) is 0 Å². The predicted molar refractivity (Wildman–Crippen MR) is 116 cm³/mol. The van der Waals surface area contributed by atoms with Gasteiger partial charge in [0.25, 0.3) is 0 Å². The van der Waals surface area contributed by atoms with Crippen LogP contribution in [0, 0.1) is 13.8 Å². The van der Waals surface area contributed by atoms with Crippen LogP contribution in [0.25, 0.3) is 0 Å². The number of nitrogens with zero attached hydrogens (tertiary/aromatic N) is 4. The van der Waals surface area contributed by atoms with Crippen LogP contribution in [0.3, 0.4) is 0 Å². The molecule has 3 rings (SSSR count). The van der Waals surface area contributed by atoms with E-state index in [1.807, 2.05) is 30.9 Å². The summed E-state index contributed by atoms with van der Waals surface area (Å²) in [6.07, 6.45) is 2.22. The quantitative estimate of drug-likeness (QED) is 0.596. The van der Waals surface area contributed by atoms with Crippen LogP contribution in [0.5, 0.6) is 0 Å².